The molecule has 0 radical (unpaired) electrons. The van der Waals surface area contributed by atoms with Gasteiger partial charge in [-0.2, -0.15) is 0 Å². The predicted octanol–water partition coefficient (Wildman–Crippen LogP) is 4.15. The lowest BCUT2D eigenvalue weighted by Crippen LogP contribution is -2.16. The molecule has 3 aromatic carbocycles. The number of carbonyl (C=O) groups is 2. The number of aryl methyl sites for hydroxylation is 1. The normalized spacial score (nSPS) is 10.9. The molecule has 0 spiro atoms. The van der Waals surface area contributed by atoms with Crippen LogP contribution in [0.15, 0.2) is 71.6 Å². The van der Waals surface area contributed by atoms with E-state index in [0.29, 0.717) is 16.9 Å². The SMILES string of the molecule is CC(=O)Nc1ccc(C)cc1NC(=O)c1ccc(NS(=O)(=O)c2ccc(F)cc2)cc1. The van der Waals surface area contributed by atoms with Gasteiger partial charge in [-0.3, -0.25) is 14.3 Å². The van der Waals surface area contributed by atoms with Crippen LogP contribution >= 0.6 is 0 Å². The summed E-state index contributed by atoms with van der Waals surface area (Å²) in [5.41, 5.74) is 2.35. The second-order valence-corrected chi connectivity index (χ2v) is 8.50. The molecule has 31 heavy (non-hydrogen) atoms. The van der Waals surface area contributed by atoms with Crippen molar-refractivity contribution in [3.63, 3.8) is 0 Å². The number of benzene rings is 3. The molecule has 2 amide bonds. The van der Waals surface area contributed by atoms with Gasteiger partial charge < -0.3 is 10.6 Å². The summed E-state index contributed by atoms with van der Waals surface area (Å²) in [5.74, 6) is -1.23. The van der Waals surface area contributed by atoms with Crippen molar-refractivity contribution in [3.8, 4) is 0 Å². The van der Waals surface area contributed by atoms with Crippen LogP contribution in [0.4, 0.5) is 21.5 Å². The minimum atomic E-state index is -3.89. The van der Waals surface area contributed by atoms with Crippen molar-refractivity contribution in [2.75, 3.05) is 15.4 Å². The summed E-state index contributed by atoms with van der Waals surface area (Å²) in [7, 11) is -3.89. The first-order valence-corrected chi connectivity index (χ1v) is 10.7. The Balaban J connectivity index is 1.74. The van der Waals surface area contributed by atoms with Crippen LogP contribution in [-0.2, 0) is 14.8 Å². The summed E-state index contributed by atoms with van der Waals surface area (Å²) >= 11 is 0. The summed E-state index contributed by atoms with van der Waals surface area (Å²) < 4.78 is 40.2. The zero-order valence-corrected chi connectivity index (χ0v) is 17.6. The fraction of sp³-hybridized carbons (Fsp3) is 0.0909. The van der Waals surface area contributed by atoms with E-state index in [1.54, 1.807) is 12.1 Å². The lowest BCUT2D eigenvalue weighted by atomic mass is 10.1. The van der Waals surface area contributed by atoms with Gasteiger partial charge in [-0.05, 0) is 73.2 Å². The highest BCUT2D eigenvalue weighted by Crippen LogP contribution is 2.24. The third-order valence-corrected chi connectivity index (χ3v) is 5.65. The van der Waals surface area contributed by atoms with Gasteiger partial charge in [0.1, 0.15) is 5.82 Å². The number of carbonyl (C=O) groups excluding carboxylic acids is 2. The Morgan fingerprint density at radius 1 is 0.839 bits per heavy atom. The number of hydrogen-bond acceptors (Lipinski definition) is 4. The summed E-state index contributed by atoms with van der Waals surface area (Å²) in [5, 5.41) is 5.40. The van der Waals surface area contributed by atoms with E-state index in [1.165, 1.54) is 31.2 Å². The summed E-state index contributed by atoms with van der Waals surface area (Å²) in [6.45, 7) is 3.23. The Hall–Kier alpha value is -3.72. The first-order chi connectivity index (χ1) is 14.6. The molecule has 160 valence electrons. The molecular formula is C22H20FN3O4S. The number of nitrogens with one attached hydrogen (secondary N) is 3. The first-order valence-electron chi connectivity index (χ1n) is 9.22. The van der Waals surface area contributed by atoms with Crippen molar-refractivity contribution >= 4 is 38.9 Å². The molecule has 0 saturated carbocycles. The van der Waals surface area contributed by atoms with Gasteiger partial charge in [0.25, 0.3) is 15.9 Å². The zero-order valence-electron chi connectivity index (χ0n) is 16.8. The molecular weight excluding hydrogens is 421 g/mol. The number of anilines is 3. The molecule has 0 aromatic heterocycles. The summed E-state index contributed by atoms with van der Waals surface area (Å²) in [6, 6.07) is 15.5. The van der Waals surface area contributed by atoms with E-state index in [0.717, 1.165) is 29.8 Å². The van der Waals surface area contributed by atoms with E-state index in [9.17, 15) is 22.4 Å². The minimum Gasteiger partial charge on any atom is -0.325 e. The van der Waals surface area contributed by atoms with Crippen molar-refractivity contribution in [3.05, 3.63) is 83.7 Å². The smallest absolute Gasteiger partial charge is 0.261 e. The summed E-state index contributed by atoms with van der Waals surface area (Å²) in [4.78, 5) is 23.9. The number of halogens is 1. The Kier molecular flexibility index (Phi) is 6.36. The molecule has 3 rings (SSSR count). The fourth-order valence-corrected chi connectivity index (χ4v) is 3.83. The molecule has 0 fully saturated rings. The standard InChI is InChI=1S/C22H20FN3O4S/c1-14-3-12-20(24-15(2)27)21(13-14)25-22(28)16-4-8-18(9-5-16)26-31(29,30)19-10-6-17(23)7-11-19/h3-13,26H,1-2H3,(H,24,27)(H,25,28). The molecule has 0 unspecified atom stereocenters. The maximum absolute atomic E-state index is 13.0. The Morgan fingerprint density at radius 2 is 1.48 bits per heavy atom. The third kappa shape index (κ3) is 5.67. The number of hydrogen-bond donors (Lipinski definition) is 3. The molecule has 0 atom stereocenters. The van der Waals surface area contributed by atoms with Crippen molar-refractivity contribution in [1.29, 1.82) is 0 Å². The highest BCUT2D eigenvalue weighted by molar-refractivity contribution is 7.92. The summed E-state index contributed by atoms with van der Waals surface area (Å²) in [6.07, 6.45) is 0. The van der Waals surface area contributed by atoms with Gasteiger partial charge in [0.15, 0.2) is 0 Å². The Bertz CT molecular complexity index is 1220. The Labute approximate surface area is 179 Å². The van der Waals surface area contributed by atoms with Gasteiger partial charge in [-0.15, -0.1) is 0 Å². The number of amides is 2. The van der Waals surface area contributed by atoms with Crippen molar-refractivity contribution < 1.29 is 22.4 Å². The highest BCUT2D eigenvalue weighted by Gasteiger charge is 2.15. The monoisotopic (exact) mass is 441 g/mol. The van der Waals surface area contributed by atoms with E-state index in [2.05, 4.69) is 15.4 Å². The van der Waals surface area contributed by atoms with Crippen LogP contribution in [-0.4, -0.2) is 20.2 Å². The van der Waals surface area contributed by atoms with Gasteiger partial charge in [-0.1, -0.05) is 6.07 Å². The molecule has 9 heteroatoms. The molecule has 7 nitrogen and oxygen atoms in total. The van der Waals surface area contributed by atoms with Gasteiger partial charge in [0.05, 0.1) is 16.3 Å². The molecule has 0 aliphatic heterocycles. The lowest BCUT2D eigenvalue weighted by Gasteiger charge is -2.13. The maximum atomic E-state index is 13.0. The zero-order chi connectivity index (χ0) is 22.6. The van der Waals surface area contributed by atoms with Crippen LogP contribution in [0.3, 0.4) is 0 Å². The average molecular weight is 441 g/mol. The van der Waals surface area contributed by atoms with E-state index in [-0.39, 0.29) is 16.5 Å². The van der Waals surface area contributed by atoms with E-state index in [4.69, 9.17) is 0 Å². The molecule has 0 bridgehead atoms. The van der Waals surface area contributed by atoms with Crippen LogP contribution in [0.25, 0.3) is 0 Å². The third-order valence-electron chi connectivity index (χ3n) is 4.26. The van der Waals surface area contributed by atoms with Crippen LogP contribution in [0, 0.1) is 12.7 Å². The van der Waals surface area contributed by atoms with Gasteiger partial charge in [0, 0.05) is 18.2 Å². The number of rotatable bonds is 6. The van der Waals surface area contributed by atoms with Crippen LogP contribution in [0.5, 0.6) is 0 Å². The van der Waals surface area contributed by atoms with Gasteiger partial charge >= 0.3 is 0 Å². The largest absolute Gasteiger partial charge is 0.325 e. The number of sulfonamides is 1. The predicted molar refractivity (Wildman–Crippen MR) is 117 cm³/mol. The minimum absolute atomic E-state index is 0.0827. The van der Waals surface area contributed by atoms with Crippen LogP contribution in [0.1, 0.15) is 22.8 Å². The average Bonchev–Trinajstić information content (AvgIpc) is 2.70. The first kappa shape index (κ1) is 22.0. The molecule has 0 heterocycles. The molecule has 0 saturated heterocycles. The van der Waals surface area contributed by atoms with E-state index < -0.39 is 21.7 Å². The maximum Gasteiger partial charge on any atom is 0.261 e. The quantitative estimate of drug-likeness (QED) is 0.535. The highest BCUT2D eigenvalue weighted by atomic mass is 32.2. The van der Waals surface area contributed by atoms with Crippen molar-refractivity contribution in [2.45, 2.75) is 18.7 Å². The second-order valence-electron chi connectivity index (χ2n) is 6.82. The van der Waals surface area contributed by atoms with E-state index in [1.807, 2.05) is 13.0 Å². The van der Waals surface area contributed by atoms with E-state index >= 15 is 0 Å². The molecule has 0 aliphatic carbocycles. The second kappa shape index (κ2) is 8.97. The Morgan fingerprint density at radius 3 is 2.10 bits per heavy atom. The topological polar surface area (TPSA) is 104 Å². The molecule has 0 aliphatic rings. The van der Waals surface area contributed by atoms with Gasteiger partial charge in [0.2, 0.25) is 5.91 Å². The molecule has 3 N–H and O–H groups in total. The van der Waals surface area contributed by atoms with Crippen molar-refractivity contribution in [2.24, 2.45) is 0 Å². The van der Waals surface area contributed by atoms with Crippen LogP contribution in [0.2, 0.25) is 0 Å². The fourth-order valence-electron chi connectivity index (χ4n) is 2.77. The van der Waals surface area contributed by atoms with Crippen molar-refractivity contribution in [1.82, 2.24) is 0 Å². The molecule has 3 aromatic rings. The lowest BCUT2D eigenvalue weighted by molar-refractivity contribution is -0.114. The van der Waals surface area contributed by atoms with Gasteiger partial charge in [-0.25, -0.2) is 12.8 Å². The van der Waals surface area contributed by atoms with Crippen LogP contribution < -0.4 is 15.4 Å².